The average Bonchev–Trinajstić information content (AvgIpc) is 3.40. The first-order valence-corrected chi connectivity index (χ1v) is 9.24. The Hall–Kier alpha value is -2.70. The quantitative estimate of drug-likeness (QED) is 0.725. The summed E-state index contributed by atoms with van der Waals surface area (Å²) in [5, 5.41) is 0. The van der Waals surface area contributed by atoms with Crippen molar-refractivity contribution in [2.24, 2.45) is 0 Å². The molecule has 0 atom stereocenters. The molecule has 0 radical (unpaired) electrons. The second-order valence-corrected chi connectivity index (χ2v) is 7.14. The maximum atomic E-state index is 12.8. The van der Waals surface area contributed by atoms with Crippen molar-refractivity contribution in [3.8, 4) is 11.5 Å². The van der Waals surface area contributed by atoms with Crippen LogP contribution >= 0.6 is 0 Å². The molecule has 0 bridgehead atoms. The highest BCUT2D eigenvalue weighted by Crippen LogP contribution is 2.34. The van der Waals surface area contributed by atoms with E-state index < -0.39 is 11.7 Å². The molecule has 28 heavy (non-hydrogen) atoms. The number of benzene rings is 2. The first kappa shape index (κ1) is 18.7. The average molecular weight is 391 g/mol. The fourth-order valence-electron chi connectivity index (χ4n) is 3.29. The van der Waals surface area contributed by atoms with E-state index in [4.69, 9.17) is 9.47 Å². The normalized spacial score (nSPS) is 15.5. The molecule has 1 aliphatic carbocycles. The summed E-state index contributed by atoms with van der Waals surface area (Å²) in [5.41, 5.74) is 1.02. The van der Waals surface area contributed by atoms with E-state index in [0.29, 0.717) is 36.4 Å². The predicted octanol–water partition coefficient (Wildman–Crippen LogP) is 4.56. The molecule has 0 spiro atoms. The third-order valence-electron chi connectivity index (χ3n) is 5.01. The van der Waals surface area contributed by atoms with Gasteiger partial charge in [0.1, 0.15) is 0 Å². The molecule has 2 aliphatic rings. The first-order valence-electron chi connectivity index (χ1n) is 9.24. The van der Waals surface area contributed by atoms with Gasteiger partial charge in [-0.05, 0) is 54.7 Å². The van der Waals surface area contributed by atoms with E-state index in [2.05, 4.69) is 0 Å². The van der Waals surface area contributed by atoms with Crippen LogP contribution in [0.5, 0.6) is 11.5 Å². The van der Waals surface area contributed by atoms with E-state index in [1.54, 1.807) is 4.90 Å². The van der Waals surface area contributed by atoms with Gasteiger partial charge in [-0.25, -0.2) is 0 Å². The summed E-state index contributed by atoms with van der Waals surface area (Å²) in [6, 6.07) is 10.8. The summed E-state index contributed by atoms with van der Waals surface area (Å²) in [5.74, 6) is 1.41. The van der Waals surface area contributed by atoms with Crippen LogP contribution in [0.1, 0.15) is 36.0 Å². The molecular weight excluding hydrogens is 371 g/mol. The minimum Gasteiger partial charge on any atom is -0.454 e. The third kappa shape index (κ3) is 4.24. The third-order valence-corrected chi connectivity index (χ3v) is 5.01. The molecule has 1 aliphatic heterocycles. The molecule has 2 aromatic carbocycles. The summed E-state index contributed by atoms with van der Waals surface area (Å²) >= 11 is 0. The molecule has 1 heterocycles. The molecule has 1 saturated carbocycles. The van der Waals surface area contributed by atoms with Gasteiger partial charge in [0.25, 0.3) is 0 Å². The number of halogens is 3. The van der Waals surface area contributed by atoms with Gasteiger partial charge in [-0.3, -0.25) is 4.79 Å². The largest absolute Gasteiger partial charge is 0.454 e. The molecule has 4 rings (SSSR count). The zero-order valence-corrected chi connectivity index (χ0v) is 15.2. The molecule has 2 aromatic rings. The Kier molecular flexibility index (Phi) is 4.91. The van der Waals surface area contributed by atoms with E-state index in [1.807, 2.05) is 18.2 Å². The Morgan fingerprint density at radius 1 is 1.00 bits per heavy atom. The molecule has 0 unspecified atom stereocenters. The van der Waals surface area contributed by atoms with Crippen LogP contribution in [0.2, 0.25) is 0 Å². The molecule has 0 saturated heterocycles. The second-order valence-electron chi connectivity index (χ2n) is 7.14. The van der Waals surface area contributed by atoms with Crippen LogP contribution in [-0.2, 0) is 23.9 Å². The number of hydrogen-bond donors (Lipinski definition) is 0. The van der Waals surface area contributed by atoms with Gasteiger partial charge in [0.05, 0.1) is 5.56 Å². The highest BCUT2D eigenvalue weighted by atomic mass is 19.4. The number of fused-ring (bicyclic) bond motifs is 1. The van der Waals surface area contributed by atoms with Crippen LogP contribution in [0.3, 0.4) is 0 Å². The SMILES string of the molecule is O=C(CCc1ccc2c(c1)OCO2)N(Cc1ccc(C(F)(F)F)cc1)C1CC1. The van der Waals surface area contributed by atoms with Gasteiger partial charge in [-0.1, -0.05) is 18.2 Å². The van der Waals surface area contributed by atoms with Crippen LogP contribution in [0.15, 0.2) is 42.5 Å². The Labute approximate surface area is 160 Å². The fourth-order valence-corrected chi connectivity index (χ4v) is 3.29. The van der Waals surface area contributed by atoms with Crippen LogP contribution in [0.4, 0.5) is 13.2 Å². The van der Waals surface area contributed by atoms with Gasteiger partial charge < -0.3 is 14.4 Å². The fraction of sp³-hybridized carbons (Fsp3) is 0.381. The van der Waals surface area contributed by atoms with Crippen molar-refractivity contribution in [3.63, 3.8) is 0 Å². The van der Waals surface area contributed by atoms with Gasteiger partial charge in [-0.2, -0.15) is 13.2 Å². The number of ether oxygens (including phenoxy) is 2. The molecule has 148 valence electrons. The van der Waals surface area contributed by atoms with Crippen molar-refractivity contribution in [2.45, 2.75) is 44.4 Å². The van der Waals surface area contributed by atoms with Crippen molar-refractivity contribution >= 4 is 5.91 Å². The minimum atomic E-state index is -4.35. The zero-order valence-electron chi connectivity index (χ0n) is 15.2. The summed E-state index contributed by atoms with van der Waals surface area (Å²) < 4.78 is 48.8. The van der Waals surface area contributed by atoms with Crippen molar-refractivity contribution < 1.29 is 27.4 Å². The summed E-state index contributed by atoms with van der Waals surface area (Å²) in [4.78, 5) is 14.5. The van der Waals surface area contributed by atoms with Crippen molar-refractivity contribution in [1.82, 2.24) is 4.90 Å². The van der Waals surface area contributed by atoms with Crippen LogP contribution in [0.25, 0.3) is 0 Å². The lowest BCUT2D eigenvalue weighted by Gasteiger charge is -2.23. The molecule has 1 amide bonds. The van der Waals surface area contributed by atoms with Gasteiger partial charge in [0, 0.05) is 19.0 Å². The summed E-state index contributed by atoms with van der Waals surface area (Å²) in [6.07, 6.45) is -1.55. The van der Waals surface area contributed by atoms with Crippen LogP contribution in [0, 0.1) is 0 Å². The lowest BCUT2D eigenvalue weighted by Crippen LogP contribution is -2.32. The molecule has 0 aromatic heterocycles. The number of carbonyl (C=O) groups excluding carboxylic acids is 1. The Balaban J connectivity index is 1.38. The lowest BCUT2D eigenvalue weighted by molar-refractivity contribution is -0.137. The number of hydrogen-bond acceptors (Lipinski definition) is 3. The van der Waals surface area contributed by atoms with Gasteiger partial charge in [0.2, 0.25) is 12.7 Å². The molecular formula is C21H20F3NO3. The van der Waals surface area contributed by atoms with Crippen LogP contribution in [-0.4, -0.2) is 23.6 Å². The number of alkyl halides is 3. The predicted molar refractivity (Wildman–Crippen MR) is 95.9 cm³/mol. The van der Waals surface area contributed by atoms with Crippen molar-refractivity contribution in [2.75, 3.05) is 6.79 Å². The van der Waals surface area contributed by atoms with E-state index in [-0.39, 0.29) is 18.7 Å². The van der Waals surface area contributed by atoms with Gasteiger partial charge >= 0.3 is 6.18 Å². The highest BCUT2D eigenvalue weighted by Gasteiger charge is 2.33. The van der Waals surface area contributed by atoms with Crippen molar-refractivity contribution in [1.29, 1.82) is 0 Å². The number of carbonyl (C=O) groups is 1. The first-order chi connectivity index (χ1) is 13.4. The zero-order chi connectivity index (χ0) is 19.7. The number of aryl methyl sites for hydroxylation is 1. The van der Waals surface area contributed by atoms with E-state index >= 15 is 0 Å². The lowest BCUT2D eigenvalue weighted by atomic mass is 10.1. The monoisotopic (exact) mass is 391 g/mol. The highest BCUT2D eigenvalue weighted by molar-refractivity contribution is 5.77. The number of nitrogens with zero attached hydrogens (tertiary/aromatic N) is 1. The summed E-state index contributed by atoms with van der Waals surface area (Å²) in [7, 11) is 0. The summed E-state index contributed by atoms with van der Waals surface area (Å²) in [6.45, 7) is 0.545. The molecule has 4 nitrogen and oxygen atoms in total. The smallest absolute Gasteiger partial charge is 0.416 e. The molecule has 7 heteroatoms. The number of rotatable bonds is 6. The molecule has 0 N–H and O–H groups in total. The van der Waals surface area contributed by atoms with E-state index in [9.17, 15) is 18.0 Å². The van der Waals surface area contributed by atoms with Gasteiger partial charge in [-0.15, -0.1) is 0 Å². The molecule has 1 fully saturated rings. The van der Waals surface area contributed by atoms with E-state index in [0.717, 1.165) is 30.5 Å². The topological polar surface area (TPSA) is 38.8 Å². The van der Waals surface area contributed by atoms with E-state index in [1.165, 1.54) is 12.1 Å². The maximum absolute atomic E-state index is 12.8. The standard InChI is InChI=1S/C21H20F3NO3/c22-21(23,24)16-5-1-15(2-6-16)12-25(17-7-8-17)20(26)10-4-14-3-9-18-19(11-14)28-13-27-18/h1-3,5-6,9,11,17H,4,7-8,10,12-13H2. The Morgan fingerprint density at radius 2 is 1.68 bits per heavy atom. The minimum absolute atomic E-state index is 0.0139. The Bertz CT molecular complexity index is 860. The second kappa shape index (κ2) is 7.37. The van der Waals surface area contributed by atoms with Crippen LogP contribution < -0.4 is 9.47 Å². The maximum Gasteiger partial charge on any atom is 0.416 e. The Morgan fingerprint density at radius 3 is 2.36 bits per heavy atom. The number of amides is 1. The van der Waals surface area contributed by atoms with Crippen molar-refractivity contribution in [3.05, 3.63) is 59.2 Å². The van der Waals surface area contributed by atoms with Gasteiger partial charge in [0.15, 0.2) is 11.5 Å².